The quantitative estimate of drug-likeness (QED) is 0.571. The summed E-state index contributed by atoms with van der Waals surface area (Å²) in [5.41, 5.74) is 4.48. The third-order valence-corrected chi connectivity index (χ3v) is 4.26. The van der Waals surface area contributed by atoms with Crippen LogP contribution in [0, 0.1) is 6.92 Å². The molecule has 0 fully saturated rings. The van der Waals surface area contributed by atoms with Gasteiger partial charge in [-0.2, -0.15) is 0 Å². The lowest BCUT2D eigenvalue weighted by Crippen LogP contribution is -2.29. The maximum atomic E-state index is 6.13. The van der Waals surface area contributed by atoms with Gasteiger partial charge in [-0.15, -0.1) is 11.3 Å². The molecule has 0 aliphatic heterocycles. The van der Waals surface area contributed by atoms with Gasteiger partial charge in [-0.1, -0.05) is 23.7 Å². The lowest BCUT2D eigenvalue weighted by molar-refractivity contribution is 0.432. The van der Waals surface area contributed by atoms with Gasteiger partial charge in [-0.25, -0.2) is 10.4 Å². The first-order valence-corrected chi connectivity index (χ1v) is 7.48. The SMILES string of the molecule is Cc1nc(CC(NN)c2cc3cccc(Cl)c3o2)cs1. The molecular formula is C14H14ClN3OS. The van der Waals surface area contributed by atoms with Crippen molar-refractivity contribution in [2.45, 2.75) is 19.4 Å². The highest BCUT2D eigenvalue weighted by Crippen LogP contribution is 2.30. The number of nitrogens with two attached hydrogens (primary N) is 1. The van der Waals surface area contributed by atoms with Gasteiger partial charge < -0.3 is 4.42 Å². The van der Waals surface area contributed by atoms with E-state index in [9.17, 15) is 0 Å². The van der Waals surface area contributed by atoms with E-state index >= 15 is 0 Å². The summed E-state index contributed by atoms with van der Waals surface area (Å²) < 4.78 is 5.83. The molecule has 20 heavy (non-hydrogen) atoms. The number of thiazole rings is 1. The largest absolute Gasteiger partial charge is 0.458 e. The van der Waals surface area contributed by atoms with E-state index < -0.39 is 0 Å². The molecule has 3 aromatic rings. The van der Waals surface area contributed by atoms with Crippen molar-refractivity contribution in [2.75, 3.05) is 0 Å². The Bertz CT molecular complexity index is 737. The van der Waals surface area contributed by atoms with Crippen LogP contribution in [-0.2, 0) is 6.42 Å². The van der Waals surface area contributed by atoms with Gasteiger partial charge in [0.25, 0.3) is 0 Å². The number of nitrogens with zero attached hydrogens (tertiary/aromatic N) is 1. The fraction of sp³-hybridized carbons (Fsp3) is 0.214. The van der Waals surface area contributed by atoms with Gasteiger partial charge in [0.1, 0.15) is 5.76 Å². The number of fused-ring (bicyclic) bond motifs is 1. The summed E-state index contributed by atoms with van der Waals surface area (Å²) >= 11 is 7.75. The summed E-state index contributed by atoms with van der Waals surface area (Å²) in [6.45, 7) is 1.99. The Morgan fingerprint density at radius 1 is 1.50 bits per heavy atom. The number of aryl methyl sites for hydroxylation is 1. The first kappa shape index (κ1) is 13.6. The van der Waals surface area contributed by atoms with E-state index in [0.717, 1.165) is 21.8 Å². The lowest BCUT2D eigenvalue weighted by Gasteiger charge is -2.11. The van der Waals surface area contributed by atoms with Crippen LogP contribution in [0.5, 0.6) is 0 Å². The van der Waals surface area contributed by atoms with Crippen molar-refractivity contribution in [3.05, 3.63) is 51.1 Å². The first-order chi connectivity index (χ1) is 9.67. The Labute approximate surface area is 125 Å². The van der Waals surface area contributed by atoms with Gasteiger partial charge >= 0.3 is 0 Å². The van der Waals surface area contributed by atoms with E-state index in [-0.39, 0.29) is 6.04 Å². The molecule has 0 aliphatic rings. The van der Waals surface area contributed by atoms with Crippen LogP contribution in [0.3, 0.4) is 0 Å². The number of hydrogen-bond donors (Lipinski definition) is 2. The highest BCUT2D eigenvalue weighted by atomic mass is 35.5. The van der Waals surface area contributed by atoms with Gasteiger partial charge in [0.05, 0.1) is 21.8 Å². The van der Waals surface area contributed by atoms with Crippen molar-refractivity contribution < 1.29 is 4.42 Å². The minimum atomic E-state index is -0.125. The van der Waals surface area contributed by atoms with Crippen molar-refractivity contribution in [2.24, 2.45) is 5.84 Å². The molecule has 1 aromatic carbocycles. The Morgan fingerprint density at radius 3 is 3.00 bits per heavy atom. The molecule has 104 valence electrons. The molecule has 0 amide bonds. The molecule has 0 spiro atoms. The molecule has 4 nitrogen and oxygen atoms in total. The predicted octanol–water partition coefficient (Wildman–Crippen LogP) is 3.60. The smallest absolute Gasteiger partial charge is 0.152 e. The Hall–Kier alpha value is -1.40. The van der Waals surface area contributed by atoms with E-state index in [1.54, 1.807) is 11.3 Å². The molecule has 0 saturated heterocycles. The Balaban J connectivity index is 1.92. The number of para-hydroxylation sites is 1. The normalized spacial score (nSPS) is 12.9. The fourth-order valence-corrected chi connectivity index (χ4v) is 3.02. The van der Waals surface area contributed by atoms with Crippen molar-refractivity contribution in [1.29, 1.82) is 0 Å². The van der Waals surface area contributed by atoms with Crippen molar-refractivity contribution in [1.82, 2.24) is 10.4 Å². The molecule has 0 radical (unpaired) electrons. The Kier molecular flexibility index (Phi) is 3.76. The standard InChI is InChI=1S/C14H14ClN3OS/c1-8-17-10(7-20-8)6-12(18-16)13-5-9-3-2-4-11(15)14(9)19-13/h2-5,7,12,18H,6,16H2,1H3. The molecule has 2 aromatic heterocycles. The lowest BCUT2D eigenvalue weighted by atomic mass is 10.1. The number of hydrazine groups is 1. The summed E-state index contributed by atoms with van der Waals surface area (Å²) in [6.07, 6.45) is 0.679. The molecule has 1 unspecified atom stereocenters. The average molecular weight is 308 g/mol. The van der Waals surface area contributed by atoms with Crippen LogP contribution in [0.25, 0.3) is 11.0 Å². The van der Waals surface area contributed by atoms with Gasteiger partial charge in [0.2, 0.25) is 0 Å². The summed E-state index contributed by atoms with van der Waals surface area (Å²) in [7, 11) is 0. The maximum absolute atomic E-state index is 6.13. The van der Waals surface area contributed by atoms with Gasteiger partial charge in [0, 0.05) is 17.2 Å². The molecule has 1 atom stereocenters. The van der Waals surface area contributed by atoms with Crippen molar-refractivity contribution >= 4 is 33.9 Å². The number of furan rings is 1. The molecule has 3 N–H and O–H groups in total. The highest BCUT2D eigenvalue weighted by Gasteiger charge is 2.17. The minimum absolute atomic E-state index is 0.125. The third kappa shape index (κ3) is 2.58. The van der Waals surface area contributed by atoms with Crippen LogP contribution < -0.4 is 11.3 Å². The van der Waals surface area contributed by atoms with Gasteiger partial charge in [-0.05, 0) is 19.1 Å². The number of benzene rings is 1. The molecule has 0 aliphatic carbocycles. The van der Waals surface area contributed by atoms with Crippen molar-refractivity contribution in [3.8, 4) is 0 Å². The summed E-state index contributed by atoms with van der Waals surface area (Å²) in [5, 5.41) is 4.66. The van der Waals surface area contributed by atoms with Gasteiger partial charge in [-0.3, -0.25) is 5.84 Å². The first-order valence-electron chi connectivity index (χ1n) is 6.22. The second-order valence-electron chi connectivity index (χ2n) is 4.59. The monoisotopic (exact) mass is 307 g/mol. The second kappa shape index (κ2) is 5.54. The number of aromatic nitrogens is 1. The Morgan fingerprint density at radius 2 is 2.35 bits per heavy atom. The molecular weight excluding hydrogens is 294 g/mol. The van der Waals surface area contributed by atoms with Crippen LogP contribution >= 0.6 is 22.9 Å². The van der Waals surface area contributed by atoms with E-state index in [2.05, 4.69) is 10.4 Å². The molecule has 2 heterocycles. The number of nitrogens with one attached hydrogen (secondary N) is 1. The molecule has 6 heteroatoms. The second-order valence-corrected chi connectivity index (χ2v) is 6.06. The maximum Gasteiger partial charge on any atom is 0.152 e. The highest BCUT2D eigenvalue weighted by molar-refractivity contribution is 7.09. The fourth-order valence-electron chi connectivity index (χ4n) is 2.17. The van der Waals surface area contributed by atoms with Crippen LogP contribution in [0.4, 0.5) is 0 Å². The summed E-state index contributed by atoms with van der Waals surface area (Å²) in [4.78, 5) is 4.45. The predicted molar refractivity (Wildman–Crippen MR) is 81.8 cm³/mol. The number of hydrogen-bond acceptors (Lipinski definition) is 5. The van der Waals surface area contributed by atoms with Crippen LogP contribution in [0.1, 0.15) is 22.5 Å². The van der Waals surface area contributed by atoms with E-state index in [0.29, 0.717) is 17.0 Å². The number of halogens is 1. The number of rotatable bonds is 4. The zero-order chi connectivity index (χ0) is 14.1. The zero-order valence-corrected chi connectivity index (χ0v) is 12.5. The van der Waals surface area contributed by atoms with Crippen LogP contribution in [0.15, 0.2) is 34.1 Å². The summed E-state index contributed by atoms with van der Waals surface area (Å²) in [5.74, 6) is 6.42. The van der Waals surface area contributed by atoms with E-state index in [1.807, 2.05) is 36.6 Å². The van der Waals surface area contributed by atoms with Crippen LogP contribution in [-0.4, -0.2) is 4.98 Å². The minimum Gasteiger partial charge on any atom is -0.458 e. The summed E-state index contributed by atoms with van der Waals surface area (Å²) in [6, 6.07) is 7.52. The average Bonchev–Trinajstić information content (AvgIpc) is 3.03. The van der Waals surface area contributed by atoms with E-state index in [4.69, 9.17) is 21.9 Å². The van der Waals surface area contributed by atoms with E-state index in [1.165, 1.54) is 0 Å². The zero-order valence-electron chi connectivity index (χ0n) is 10.9. The third-order valence-electron chi connectivity index (χ3n) is 3.14. The topological polar surface area (TPSA) is 64.1 Å². The molecule has 0 saturated carbocycles. The molecule has 0 bridgehead atoms. The van der Waals surface area contributed by atoms with Gasteiger partial charge in [0.15, 0.2) is 5.58 Å². The van der Waals surface area contributed by atoms with Crippen molar-refractivity contribution in [3.63, 3.8) is 0 Å². The van der Waals surface area contributed by atoms with Crippen LogP contribution in [0.2, 0.25) is 5.02 Å². The molecule has 3 rings (SSSR count).